The molecule has 4 nitrogen and oxygen atoms in total. The van der Waals surface area contributed by atoms with Crippen LogP contribution in [-0.2, 0) is 5.75 Å². The average Bonchev–Trinajstić information content (AvgIpc) is 2.90. The van der Waals surface area contributed by atoms with Crippen LogP contribution in [0.15, 0.2) is 35.6 Å². The predicted molar refractivity (Wildman–Crippen MR) is 87.8 cm³/mol. The molecule has 0 spiro atoms. The Morgan fingerprint density at radius 2 is 2.05 bits per heavy atom. The van der Waals surface area contributed by atoms with Gasteiger partial charge in [0.15, 0.2) is 0 Å². The van der Waals surface area contributed by atoms with E-state index in [1.165, 1.54) is 9.13 Å². The number of aromatic amines is 2. The molecular weight excluding hydrogens is 391 g/mol. The van der Waals surface area contributed by atoms with Gasteiger partial charge in [0.1, 0.15) is 20.7 Å². The smallest absolute Gasteiger partial charge is 0.147 e. The first-order valence-corrected chi connectivity index (χ1v) is 8.00. The minimum absolute atomic E-state index is 0.565. The molecule has 0 unspecified atom stereocenters. The van der Waals surface area contributed by atoms with E-state index in [0.29, 0.717) is 4.64 Å². The normalized spacial score (nSPS) is 11.0. The van der Waals surface area contributed by atoms with Crippen molar-refractivity contribution in [3.05, 3.63) is 44.4 Å². The van der Waals surface area contributed by atoms with Crippen molar-refractivity contribution >= 4 is 57.6 Å². The summed E-state index contributed by atoms with van der Waals surface area (Å²) in [7, 11) is 0. The number of aromatic nitrogens is 4. The van der Waals surface area contributed by atoms with E-state index in [4.69, 9.17) is 12.2 Å². The van der Waals surface area contributed by atoms with Crippen LogP contribution in [0.4, 0.5) is 0 Å². The molecule has 0 saturated heterocycles. The van der Waals surface area contributed by atoms with E-state index in [1.807, 2.05) is 0 Å². The van der Waals surface area contributed by atoms with E-state index in [-0.39, 0.29) is 0 Å². The average molecular weight is 400 g/mol. The van der Waals surface area contributed by atoms with E-state index < -0.39 is 0 Å². The Bertz CT molecular complexity index is 763. The highest BCUT2D eigenvalue weighted by molar-refractivity contribution is 14.1. The lowest BCUT2D eigenvalue weighted by atomic mass is 10.2. The SMILES string of the molecule is S=c1[nH]nc(SCc2ccc(I)cc2)c2[nH]cnc12. The van der Waals surface area contributed by atoms with Gasteiger partial charge in [0, 0.05) is 9.32 Å². The van der Waals surface area contributed by atoms with Crippen molar-refractivity contribution in [2.45, 2.75) is 10.8 Å². The number of nitrogens with one attached hydrogen (secondary N) is 2. The van der Waals surface area contributed by atoms with Gasteiger partial charge in [0.25, 0.3) is 0 Å². The fraction of sp³-hybridized carbons (Fsp3) is 0.0833. The van der Waals surface area contributed by atoms with Gasteiger partial charge in [-0.2, -0.15) is 5.10 Å². The van der Waals surface area contributed by atoms with E-state index in [9.17, 15) is 0 Å². The fourth-order valence-electron chi connectivity index (χ4n) is 1.68. The zero-order valence-electron chi connectivity index (χ0n) is 9.68. The van der Waals surface area contributed by atoms with E-state index in [2.05, 4.69) is 67.0 Å². The van der Waals surface area contributed by atoms with Crippen molar-refractivity contribution < 1.29 is 0 Å². The van der Waals surface area contributed by atoms with Crippen molar-refractivity contribution in [3.8, 4) is 0 Å². The summed E-state index contributed by atoms with van der Waals surface area (Å²) in [4.78, 5) is 7.29. The zero-order chi connectivity index (χ0) is 13.2. The summed E-state index contributed by atoms with van der Waals surface area (Å²) in [5, 5.41) is 8.00. The second-order valence-corrected chi connectivity index (χ2v) is 6.52. The molecule has 2 heterocycles. The monoisotopic (exact) mass is 400 g/mol. The van der Waals surface area contributed by atoms with Crippen LogP contribution < -0.4 is 0 Å². The molecule has 3 rings (SSSR count). The summed E-state index contributed by atoms with van der Waals surface area (Å²) in [6.45, 7) is 0. The Kier molecular flexibility index (Phi) is 3.85. The van der Waals surface area contributed by atoms with Gasteiger partial charge < -0.3 is 4.98 Å². The van der Waals surface area contributed by atoms with Crippen LogP contribution in [0.2, 0.25) is 0 Å². The predicted octanol–water partition coefficient (Wildman–Crippen LogP) is 3.91. The Hall–Kier alpha value is -0.930. The molecule has 0 aliphatic rings. The standard InChI is InChI=1S/C12H9IN4S2/c13-8-3-1-7(2-4-8)5-19-12-10-9(14-6-15-10)11(18)16-17-12/h1-4,6H,5H2,(H,14,15)(H,16,18). The lowest BCUT2D eigenvalue weighted by Crippen LogP contribution is -1.90. The van der Waals surface area contributed by atoms with Crippen LogP contribution in [0, 0.1) is 8.21 Å². The van der Waals surface area contributed by atoms with Gasteiger partial charge >= 0.3 is 0 Å². The quantitative estimate of drug-likeness (QED) is 0.398. The van der Waals surface area contributed by atoms with Crippen LogP contribution in [0.5, 0.6) is 0 Å². The van der Waals surface area contributed by atoms with Crippen molar-refractivity contribution in [3.63, 3.8) is 0 Å². The molecule has 0 radical (unpaired) electrons. The molecule has 96 valence electrons. The van der Waals surface area contributed by atoms with Gasteiger partial charge in [-0.05, 0) is 40.3 Å². The highest BCUT2D eigenvalue weighted by atomic mass is 127. The number of benzene rings is 1. The second kappa shape index (κ2) is 5.59. The zero-order valence-corrected chi connectivity index (χ0v) is 13.5. The first-order valence-electron chi connectivity index (χ1n) is 5.53. The van der Waals surface area contributed by atoms with Gasteiger partial charge in [-0.15, -0.1) is 0 Å². The summed E-state index contributed by atoms with van der Waals surface area (Å²) in [5.41, 5.74) is 2.94. The van der Waals surface area contributed by atoms with Crippen LogP contribution in [-0.4, -0.2) is 20.2 Å². The molecular formula is C12H9IN4S2. The molecule has 0 saturated carbocycles. The van der Waals surface area contributed by atoms with Crippen LogP contribution in [0.3, 0.4) is 0 Å². The Labute approximate surface area is 132 Å². The third-order valence-electron chi connectivity index (χ3n) is 2.62. The highest BCUT2D eigenvalue weighted by Crippen LogP contribution is 2.26. The van der Waals surface area contributed by atoms with Gasteiger partial charge in [-0.3, -0.25) is 5.10 Å². The maximum atomic E-state index is 5.15. The van der Waals surface area contributed by atoms with Gasteiger partial charge in [0.05, 0.1) is 6.33 Å². The van der Waals surface area contributed by atoms with Crippen molar-refractivity contribution in [1.29, 1.82) is 0 Å². The Morgan fingerprint density at radius 3 is 2.84 bits per heavy atom. The van der Waals surface area contributed by atoms with Gasteiger partial charge in [0.2, 0.25) is 0 Å². The van der Waals surface area contributed by atoms with Crippen LogP contribution >= 0.6 is 46.6 Å². The topological polar surface area (TPSA) is 57.4 Å². The number of H-pyrrole nitrogens is 2. The molecule has 0 aliphatic carbocycles. The van der Waals surface area contributed by atoms with E-state index in [1.54, 1.807) is 18.1 Å². The van der Waals surface area contributed by atoms with E-state index >= 15 is 0 Å². The third kappa shape index (κ3) is 2.82. The van der Waals surface area contributed by atoms with Crippen LogP contribution in [0.1, 0.15) is 5.56 Å². The lowest BCUT2D eigenvalue weighted by molar-refractivity contribution is 0.939. The molecule has 0 bridgehead atoms. The van der Waals surface area contributed by atoms with Crippen molar-refractivity contribution in [2.75, 3.05) is 0 Å². The second-order valence-electron chi connectivity index (χ2n) is 3.90. The highest BCUT2D eigenvalue weighted by Gasteiger charge is 2.07. The molecule has 2 N–H and O–H groups in total. The summed E-state index contributed by atoms with van der Waals surface area (Å²) in [6, 6.07) is 8.47. The fourth-order valence-corrected chi connectivity index (χ4v) is 3.14. The van der Waals surface area contributed by atoms with Gasteiger partial charge in [-0.25, -0.2) is 4.98 Å². The lowest BCUT2D eigenvalue weighted by Gasteiger charge is -2.02. The molecule has 3 aromatic rings. The number of hydrogen-bond acceptors (Lipinski definition) is 4. The number of nitrogens with zero attached hydrogens (tertiary/aromatic N) is 2. The number of fused-ring (bicyclic) bond motifs is 1. The Morgan fingerprint density at radius 1 is 1.26 bits per heavy atom. The first-order chi connectivity index (χ1) is 9.24. The Balaban J connectivity index is 1.86. The molecule has 0 aliphatic heterocycles. The number of hydrogen-bond donors (Lipinski definition) is 2. The van der Waals surface area contributed by atoms with Crippen LogP contribution in [0.25, 0.3) is 11.0 Å². The first kappa shape index (κ1) is 13.1. The number of thioether (sulfide) groups is 1. The minimum atomic E-state index is 0.565. The maximum absolute atomic E-state index is 5.15. The molecule has 2 aromatic heterocycles. The van der Waals surface area contributed by atoms with E-state index in [0.717, 1.165) is 21.8 Å². The molecule has 19 heavy (non-hydrogen) atoms. The summed E-state index contributed by atoms with van der Waals surface area (Å²) in [6.07, 6.45) is 1.64. The summed E-state index contributed by atoms with van der Waals surface area (Å²) in [5.74, 6) is 0.864. The van der Waals surface area contributed by atoms with Crippen molar-refractivity contribution in [2.24, 2.45) is 0 Å². The van der Waals surface area contributed by atoms with Gasteiger partial charge in [-0.1, -0.05) is 36.1 Å². The molecule has 0 atom stereocenters. The summed E-state index contributed by atoms with van der Waals surface area (Å²) < 4.78 is 1.80. The number of halogens is 1. The maximum Gasteiger partial charge on any atom is 0.147 e. The summed E-state index contributed by atoms with van der Waals surface area (Å²) >= 11 is 9.11. The number of rotatable bonds is 3. The number of imidazole rings is 1. The molecule has 7 heteroatoms. The third-order valence-corrected chi connectivity index (χ3v) is 4.67. The largest absolute Gasteiger partial charge is 0.342 e. The molecule has 0 amide bonds. The van der Waals surface area contributed by atoms with Crippen molar-refractivity contribution in [1.82, 2.24) is 20.2 Å². The minimum Gasteiger partial charge on any atom is -0.342 e. The molecule has 0 fully saturated rings. The molecule has 1 aromatic carbocycles.